The molecule has 2 aromatic rings. The number of nitrogens with one attached hydrogen (secondary N) is 1. The third kappa shape index (κ3) is 3.13. The Morgan fingerprint density at radius 2 is 2.05 bits per heavy atom. The zero-order valence-corrected chi connectivity index (χ0v) is 13.3. The maximum atomic E-state index is 12.3. The van der Waals surface area contributed by atoms with Gasteiger partial charge in [-0.3, -0.25) is 9.78 Å². The van der Waals surface area contributed by atoms with Gasteiger partial charge in [-0.1, -0.05) is 44.4 Å². The van der Waals surface area contributed by atoms with Crippen LogP contribution >= 0.6 is 0 Å². The fourth-order valence-corrected chi connectivity index (χ4v) is 3.27. The lowest BCUT2D eigenvalue weighted by atomic mass is 10.1. The maximum Gasteiger partial charge on any atom is 0.224 e. The Bertz CT molecular complexity index is 678. The topological polar surface area (TPSA) is 42.0 Å². The van der Waals surface area contributed by atoms with Crippen LogP contribution in [0.3, 0.4) is 0 Å². The van der Waals surface area contributed by atoms with Gasteiger partial charge in [-0.25, -0.2) is 0 Å². The van der Waals surface area contributed by atoms with E-state index in [1.54, 1.807) is 0 Å². The maximum absolute atomic E-state index is 12.3. The average molecular weight is 296 g/mol. The van der Waals surface area contributed by atoms with Gasteiger partial charge in [0, 0.05) is 17.5 Å². The van der Waals surface area contributed by atoms with Crippen LogP contribution in [-0.2, 0) is 17.6 Å². The average Bonchev–Trinajstić information content (AvgIpc) is 2.99. The Labute approximate surface area is 132 Å². The van der Waals surface area contributed by atoms with Gasteiger partial charge >= 0.3 is 0 Å². The van der Waals surface area contributed by atoms with Gasteiger partial charge in [0.15, 0.2) is 0 Å². The van der Waals surface area contributed by atoms with E-state index in [-0.39, 0.29) is 5.91 Å². The number of carbonyl (C=O) groups excluding carboxylic acids is 1. The van der Waals surface area contributed by atoms with Crippen molar-refractivity contribution in [2.75, 3.05) is 5.32 Å². The van der Waals surface area contributed by atoms with E-state index in [1.165, 1.54) is 24.1 Å². The summed E-state index contributed by atoms with van der Waals surface area (Å²) in [6.45, 7) is 2.19. The minimum Gasteiger partial charge on any atom is -0.325 e. The van der Waals surface area contributed by atoms with E-state index in [2.05, 4.69) is 18.3 Å². The number of fused-ring (bicyclic) bond motifs is 2. The van der Waals surface area contributed by atoms with Crippen molar-refractivity contribution in [3.8, 4) is 0 Å². The van der Waals surface area contributed by atoms with Crippen molar-refractivity contribution < 1.29 is 4.79 Å². The zero-order valence-electron chi connectivity index (χ0n) is 13.3. The molecule has 0 spiro atoms. The fraction of sp³-hybridized carbons (Fsp3) is 0.474. The van der Waals surface area contributed by atoms with Gasteiger partial charge in [-0.15, -0.1) is 0 Å². The van der Waals surface area contributed by atoms with Crippen molar-refractivity contribution in [1.29, 1.82) is 0 Å². The number of rotatable bonds is 6. The molecule has 0 atom stereocenters. The smallest absolute Gasteiger partial charge is 0.224 e. The molecule has 0 radical (unpaired) electrons. The van der Waals surface area contributed by atoms with Crippen LogP contribution in [0.5, 0.6) is 0 Å². The number of hydrogen-bond acceptors (Lipinski definition) is 2. The highest BCUT2D eigenvalue weighted by Gasteiger charge is 2.20. The van der Waals surface area contributed by atoms with Gasteiger partial charge in [0.25, 0.3) is 0 Å². The first kappa shape index (κ1) is 15.0. The Hall–Kier alpha value is -1.90. The van der Waals surface area contributed by atoms with Gasteiger partial charge in [0.05, 0.1) is 11.2 Å². The summed E-state index contributed by atoms with van der Waals surface area (Å²) in [6.07, 6.45) is 8.33. The van der Waals surface area contributed by atoms with Gasteiger partial charge in [0.1, 0.15) is 0 Å². The highest BCUT2D eigenvalue weighted by Crippen LogP contribution is 2.34. The minimum absolute atomic E-state index is 0.140. The molecular formula is C19H24N2O. The number of amides is 1. The minimum atomic E-state index is 0.140. The molecule has 0 aliphatic heterocycles. The molecule has 3 nitrogen and oxygen atoms in total. The SMILES string of the molecule is CCCCCCC(=O)Nc1c2c(nc3ccccc13)CCC2. The summed E-state index contributed by atoms with van der Waals surface area (Å²) in [6, 6.07) is 8.12. The van der Waals surface area contributed by atoms with Gasteiger partial charge in [-0.2, -0.15) is 0 Å². The van der Waals surface area contributed by atoms with E-state index in [0.717, 1.165) is 48.7 Å². The molecular weight excluding hydrogens is 272 g/mol. The zero-order chi connectivity index (χ0) is 15.4. The van der Waals surface area contributed by atoms with Crippen LogP contribution in [0.25, 0.3) is 10.9 Å². The van der Waals surface area contributed by atoms with E-state index in [0.29, 0.717) is 6.42 Å². The Morgan fingerprint density at radius 1 is 1.18 bits per heavy atom. The largest absolute Gasteiger partial charge is 0.325 e. The van der Waals surface area contributed by atoms with Crippen LogP contribution in [0.15, 0.2) is 24.3 Å². The number of aromatic nitrogens is 1. The summed E-state index contributed by atoms with van der Waals surface area (Å²) >= 11 is 0. The van der Waals surface area contributed by atoms with Crippen LogP contribution < -0.4 is 5.32 Å². The quantitative estimate of drug-likeness (QED) is 0.789. The van der Waals surface area contributed by atoms with Crippen molar-refractivity contribution in [3.63, 3.8) is 0 Å². The number of nitrogens with zero attached hydrogens (tertiary/aromatic N) is 1. The predicted octanol–water partition coefficient (Wildman–Crippen LogP) is 4.63. The van der Waals surface area contributed by atoms with E-state index in [1.807, 2.05) is 18.2 Å². The third-order valence-corrected chi connectivity index (χ3v) is 4.44. The van der Waals surface area contributed by atoms with Crippen LogP contribution in [0.4, 0.5) is 5.69 Å². The second-order valence-electron chi connectivity index (χ2n) is 6.14. The molecule has 3 rings (SSSR count). The van der Waals surface area contributed by atoms with Crippen molar-refractivity contribution in [2.24, 2.45) is 0 Å². The number of unbranched alkanes of at least 4 members (excludes halogenated alkanes) is 3. The summed E-state index contributed by atoms with van der Waals surface area (Å²) in [7, 11) is 0. The first-order chi connectivity index (χ1) is 10.8. The summed E-state index contributed by atoms with van der Waals surface area (Å²) in [4.78, 5) is 17.0. The number of aryl methyl sites for hydroxylation is 1. The van der Waals surface area contributed by atoms with Crippen LogP contribution in [0, 0.1) is 0 Å². The van der Waals surface area contributed by atoms with E-state index in [4.69, 9.17) is 4.98 Å². The predicted molar refractivity (Wildman–Crippen MR) is 91.2 cm³/mol. The first-order valence-corrected chi connectivity index (χ1v) is 8.50. The molecule has 0 saturated heterocycles. The van der Waals surface area contributed by atoms with E-state index < -0.39 is 0 Å². The first-order valence-electron chi connectivity index (χ1n) is 8.50. The van der Waals surface area contributed by atoms with Crippen LogP contribution in [-0.4, -0.2) is 10.9 Å². The van der Waals surface area contributed by atoms with Crippen LogP contribution in [0.2, 0.25) is 0 Å². The lowest BCUT2D eigenvalue weighted by Gasteiger charge is -2.13. The summed E-state index contributed by atoms with van der Waals surface area (Å²) in [5.74, 6) is 0.140. The molecule has 1 aromatic heterocycles. The number of carbonyl (C=O) groups is 1. The lowest BCUT2D eigenvalue weighted by Crippen LogP contribution is -2.13. The standard InChI is InChI=1S/C19H24N2O/c1-2-3-4-5-13-18(22)21-19-14-9-6-7-11-16(14)20-17-12-8-10-15(17)19/h6-7,9,11H,2-5,8,10,12-13H2,1H3,(H,20,21,22). The van der Waals surface area contributed by atoms with Crippen molar-refractivity contribution >= 4 is 22.5 Å². The molecule has 1 aliphatic carbocycles. The number of pyridine rings is 1. The third-order valence-electron chi connectivity index (χ3n) is 4.44. The van der Waals surface area contributed by atoms with Gasteiger partial charge < -0.3 is 5.32 Å². The summed E-state index contributed by atoms with van der Waals surface area (Å²) in [5, 5.41) is 4.26. The lowest BCUT2D eigenvalue weighted by molar-refractivity contribution is -0.116. The molecule has 1 aliphatic rings. The van der Waals surface area contributed by atoms with Crippen molar-refractivity contribution in [3.05, 3.63) is 35.5 Å². The Morgan fingerprint density at radius 3 is 2.91 bits per heavy atom. The second-order valence-corrected chi connectivity index (χ2v) is 6.14. The van der Waals surface area contributed by atoms with Gasteiger partial charge in [0.2, 0.25) is 5.91 Å². The van der Waals surface area contributed by atoms with Crippen molar-refractivity contribution in [1.82, 2.24) is 4.98 Å². The molecule has 1 N–H and O–H groups in total. The second kappa shape index (κ2) is 6.91. The summed E-state index contributed by atoms with van der Waals surface area (Å²) < 4.78 is 0. The Kier molecular flexibility index (Phi) is 4.71. The molecule has 1 amide bonds. The van der Waals surface area contributed by atoms with Crippen molar-refractivity contribution in [2.45, 2.75) is 58.3 Å². The molecule has 116 valence electrons. The molecule has 0 unspecified atom stereocenters. The molecule has 0 fully saturated rings. The monoisotopic (exact) mass is 296 g/mol. The number of hydrogen-bond donors (Lipinski definition) is 1. The van der Waals surface area contributed by atoms with E-state index in [9.17, 15) is 4.79 Å². The normalized spacial score (nSPS) is 13.3. The number of benzene rings is 1. The molecule has 0 bridgehead atoms. The van der Waals surface area contributed by atoms with Crippen LogP contribution in [0.1, 0.15) is 56.7 Å². The van der Waals surface area contributed by atoms with E-state index >= 15 is 0 Å². The number of para-hydroxylation sites is 1. The summed E-state index contributed by atoms with van der Waals surface area (Å²) in [5.41, 5.74) is 4.42. The highest BCUT2D eigenvalue weighted by molar-refractivity contribution is 6.02. The molecule has 1 aromatic carbocycles. The number of anilines is 1. The molecule has 3 heteroatoms. The fourth-order valence-electron chi connectivity index (χ4n) is 3.27. The van der Waals surface area contributed by atoms with Gasteiger partial charge in [-0.05, 0) is 37.3 Å². The molecule has 1 heterocycles. The highest BCUT2D eigenvalue weighted by atomic mass is 16.1. The Balaban J connectivity index is 1.82. The molecule has 22 heavy (non-hydrogen) atoms. The molecule has 0 saturated carbocycles.